The van der Waals surface area contributed by atoms with Crippen LogP contribution >= 0.6 is 27.3 Å². The Kier molecular flexibility index (Phi) is 3.91. The summed E-state index contributed by atoms with van der Waals surface area (Å²) < 4.78 is 1.04. The highest BCUT2D eigenvalue weighted by Crippen LogP contribution is 2.20. The van der Waals surface area contributed by atoms with E-state index in [0.29, 0.717) is 0 Å². The van der Waals surface area contributed by atoms with Crippen molar-refractivity contribution in [3.63, 3.8) is 0 Å². The molecule has 0 saturated heterocycles. The fourth-order valence-electron chi connectivity index (χ4n) is 1.27. The van der Waals surface area contributed by atoms with Crippen LogP contribution in [0.2, 0.25) is 0 Å². The summed E-state index contributed by atoms with van der Waals surface area (Å²) in [7, 11) is 0. The zero-order chi connectivity index (χ0) is 12.3. The average molecular weight is 310 g/mol. The molecule has 1 aromatic carbocycles. The fourth-order valence-corrected chi connectivity index (χ4v) is 2.45. The number of aromatic nitrogens is 1. The molecule has 1 heterocycles. The number of hydrogen-bond acceptors (Lipinski definition) is 4. The van der Waals surface area contributed by atoms with Crippen molar-refractivity contribution in [3.8, 4) is 0 Å². The van der Waals surface area contributed by atoms with Gasteiger partial charge in [-0.1, -0.05) is 28.1 Å². The number of aryl methyl sites for hydroxylation is 2. The predicted octanol–water partition coefficient (Wildman–Crippen LogP) is 3.97. The molecule has 2 rings (SSSR count). The molecule has 0 spiro atoms. The van der Waals surface area contributed by atoms with E-state index in [-0.39, 0.29) is 0 Å². The fraction of sp³-hybridized carbons (Fsp3) is 0.167. The van der Waals surface area contributed by atoms with Gasteiger partial charge in [0.25, 0.3) is 0 Å². The van der Waals surface area contributed by atoms with Crippen molar-refractivity contribution in [2.75, 3.05) is 5.43 Å². The van der Waals surface area contributed by atoms with Crippen molar-refractivity contribution < 1.29 is 0 Å². The molecule has 0 unspecified atom stereocenters. The Hall–Kier alpha value is -1.20. The van der Waals surface area contributed by atoms with Gasteiger partial charge in [0.1, 0.15) is 0 Å². The van der Waals surface area contributed by atoms with E-state index in [4.69, 9.17) is 0 Å². The van der Waals surface area contributed by atoms with E-state index in [2.05, 4.69) is 38.4 Å². The Balaban J connectivity index is 2.02. The lowest BCUT2D eigenvalue weighted by molar-refractivity contribution is 1.20. The number of benzene rings is 1. The monoisotopic (exact) mass is 309 g/mol. The highest BCUT2D eigenvalue weighted by molar-refractivity contribution is 9.10. The molecule has 17 heavy (non-hydrogen) atoms. The van der Waals surface area contributed by atoms with Crippen molar-refractivity contribution in [1.82, 2.24) is 4.98 Å². The first-order chi connectivity index (χ1) is 8.15. The molecule has 5 heteroatoms. The largest absolute Gasteiger partial charge is 0.253 e. The predicted molar refractivity (Wildman–Crippen MR) is 76.9 cm³/mol. The lowest BCUT2D eigenvalue weighted by atomic mass is 10.2. The highest BCUT2D eigenvalue weighted by Gasteiger charge is 2.00. The zero-order valence-electron chi connectivity index (χ0n) is 9.57. The van der Waals surface area contributed by atoms with E-state index in [9.17, 15) is 0 Å². The van der Waals surface area contributed by atoms with Gasteiger partial charge in [-0.15, -0.1) is 11.3 Å². The molecule has 2 aromatic rings. The second-order valence-electron chi connectivity index (χ2n) is 3.59. The first kappa shape index (κ1) is 12.3. The molecule has 1 N–H and O–H groups in total. The van der Waals surface area contributed by atoms with Gasteiger partial charge in [-0.05, 0) is 31.5 Å². The van der Waals surface area contributed by atoms with Crippen molar-refractivity contribution >= 4 is 38.6 Å². The molecule has 0 radical (unpaired) electrons. The topological polar surface area (TPSA) is 37.3 Å². The van der Waals surface area contributed by atoms with Crippen LogP contribution in [0.15, 0.2) is 33.8 Å². The third kappa shape index (κ3) is 3.38. The highest BCUT2D eigenvalue weighted by atomic mass is 79.9. The molecule has 1 aromatic heterocycles. The third-order valence-corrected chi connectivity index (χ3v) is 3.72. The molecule has 0 fully saturated rings. The van der Waals surface area contributed by atoms with E-state index in [0.717, 1.165) is 20.9 Å². The van der Waals surface area contributed by atoms with Gasteiger partial charge in [0, 0.05) is 9.35 Å². The van der Waals surface area contributed by atoms with Crippen molar-refractivity contribution in [2.45, 2.75) is 13.8 Å². The maximum Gasteiger partial charge on any atom is 0.203 e. The smallest absolute Gasteiger partial charge is 0.203 e. The number of rotatable bonds is 3. The lowest BCUT2D eigenvalue weighted by Gasteiger charge is -1.95. The summed E-state index contributed by atoms with van der Waals surface area (Å²) in [5.41, 5.74) is 5.03. The van der Waals surface area contributed by atoms with E-state index in [1.165, 1.54) is 4.88 Å². The minimum atomic E-state index is 0.825. The molecule has 0 saturated carbocycles. The summed E-state index contributed by atoms with van der Waals surface area (Å²) in [6.45, 7) is 4.05. The summed E-state index contributed by atoms with van der Waals surface area (Å²) in [6, 6.07) is 7.96. The van der Waals surface area contributed by atoms with Gasteiger partial charge in [-0.2, -0.15) is 5.10 Å². The van der Waals surface area contributed by atoms with Gasteiger partial charge in [0.2, 0.25) is 5.13 Å². The summed E-state index contributed by atoms with van der Waals surface area (Å²) in [4.78, 5) is 5.56. The number of anilines is 1. The van der Waals surface area contributed by atoms with Gasteiger partial charge < -0.3 is 0 Å². The van der Waals surface area contributed by atoms with Crippen LogP contribution in [0.1, 0.15) is 16.1 Å². The molecule has 0 amide bonds. The average Bonchev–Trinajstić information content (AvgIpc) is 2.58. The van der Waals surface area contributed by atoms with Crippen LogP contribution < -0.4 is 5.43 Å². The molecule has 0 atom stereocenters. The molecular weight excluding hydrogens is 298 g/mol. The van der Waals surface area contributed by atoms with Crippen LogP contribution in [0.5, 0.6) is 0 Å². The third-order valence-electron chi connectivity index (χ3n) is 2.25. The Labute approximate surface area is 113 Å². The summed E-state index contributed by atoms with van der Waals surface area (Å²) in [6.07, 6.45) is 1.77. The first-order valence-electron chi connectivity index (χ1n) is 5.14. The Morgan fingerprint density at radius 3 is 2.88 bits per heavy atom. The van der Waals surface area contributed by atoms with Crippen LogP contribution in [-0.2, 0) is 0 Å². The van der Waals surface area contributed by atoms with Crippen molar-refractivity contribution in [2.24, 2.45) is 5.10 Å². The van der Waals surface area contributed by atoms with Crippen LogP contribution in [-0.4, -0.2) is 11.2 Å². The van der Waals surface area contributed by atoms with Crippen LogP contribution in [0.25, 0.3) is 0 Å². The minimum Gasteiger partial charge on any atom is -0.253 e. The first-order valence-corrected chi connectivity index (χ1v) is 6.75. The number of hydrazone groups is 1. The minimum absolute atomic E-state index is 0.825. The standard InChI is InChI=1S/C12H12BrN3S/c1-8-9(2)17-12(15-8)16-14-7-10-4-3-5-11(13)6-10/h3-7H,1-2H3,(H,15,16). The number of hydrogen-bond donors (Lipinski definition) is 1. The number of thiazole rings is 1. The number of halogens is 1. The van der Waals surface area contributed by atoms with Crippen molar-refractivity contribution in [1.29, 1.82) is 0 Å². The van der Waals surface area contributed by atoms with Crippen LogP contribution in [0.4, 0.5) is 5.13 Å². The molecule has 0 aliphatic heterocycles. The van der Waals surface area contributed by atoms with E-state index < -0.39 is 0 Å². The summed E-state index contributed by atoms with van der Waals surface area (Å²) >= 11 is 5.03. The normalized spacial score (nSPS) is 11.0. The Morgan fingerprint density at radius 1 is 1.41 bits per heavy atom. The van der Waals surface area contributed by atoms with E-state index >= 15 is 0 Å². The maximum absolute atomic E-state index is 4.34. The molecular formula is C12H12BrN3S. The second-order valence-corrected chi connectivity index (χ2v) is 5.70. The number of nitrogens with one attached hydrogen (secondary N) is 1. The quantitative estimate of drug-likeness (QED) is 0.688. The Bertz CT molecular complexity index is 529. The molecule has 88 valence electrons. The van der Waals surface area contributed by atoms with Crippen molar-refractivity contribution in [3.05, 3.63) is 44.9 Å². The van der Waals surface area contributed by atoms with E-state index in [1.807, 2.05) is 31.2 Å². The van der Waals surface area contributed by atoms with Gasteiger partial charge in [-0.25, -0.2) is 4.98 Å². The molecule has 0 aliphatic carbocycles. The SMILES string of the molecule is Cc1nc(NN=Cc2cccc(Br)c2)sc1C. The van der Waals surface area contributed by atoms with Gasteiger partial charge in [0.05, 0.1) is 11.9 Å². The van der Waals surface area contributed by atoms with E-state index in [1.54, 1.807) is 17.6 Å². The molecule has 0 aliphatic rings. The molecule has 0 bridgehead atoms. The number of nitrogens with zero attached hydrogens (tertiary/aromatic N) is 2. The zero-order valence-corrected chi connectivity index (χ0v) is 12.0. The summed E-state index contributed by atoms with van der Waals surface area (Å²) in [5.74, 6) is 0. The van der Waals surface area contributed by atoms with Gasteiger partial charge >= 0.3 is 0 Å². The van der Waals surface area contributed by atoms with Crippen LogP contribution in [0, 0.1) is 13.8 Å². The van der Waals surface area contributed by atoms with Crippen LogP contribution in [0.3, 0.4) is 0 Å². The summed E-state index contributed by atoms with van der Waals surface area (Å²) in [5, 5.41) is 4.98. The Morgan fingerprint density at radius 2 is 2.24 bits per heavy atom. The maximum atomic E-state index is 4.34. The molecule has 3 nitrogen and oxygen atoms in total. The van der Waals surface area contributed by atoms with Gasteiger partial charge in [-0.3, -0.25) is 5.43 Å². The van der Waals surface area contributed by atoms with Gasteiger partial charge in [0.15, 0.2) is 0 Å². The second kappa shape index (κ2) is 5.42. The lowest BCUT2D eigenvalue weighted by Crippen LogP contribution is -1.89.